The number of benzene rings is 3. The maximum atomic E-state index is 11.0. The Kier molecular flexibility index (Phi) is 5.53. The van der Waals surface area contributed by atoms with Gasteiger partial charge in [-0.15, -0.1) is 0 Å². The molecule has 3 aromatic carbocycles. The minimum absolute atomic E-state index is 0.0135. The number of non-ortho nitro benzene ring substituents is 1. The first-order chi connectivity index (χ1) is 16.8. The van der Waals surface area contributed by atoms with Crippen LogP contribution in [0, 0.1) is 10.1 Å². The summed E-state index contributed by atoms with van der Waals surface area (Å²) in [5.74, 6) is 1.63. The van der Waals surface area contributed by atoms with E-state index < -0.39 is 4.92 Å². The van der Waals surface area contributed by atoms with E-state index in [4.69, 9.17) is 8.83 Å². The van der Waals surface area contributed by atoms with Gasteiger partial charge in [-0.3, -0.25) is 15.1 Å². The first-order valence-corrected chi connectivity index (χ1v) is 11.2. The summed E-state index contributed by atoms with van der Waals surface area (Å²) < 4.78 is 11.7. The van der Waals surface area contributed by atoms with Gasteiger partial charge in [0.15, 0.2) is 5.58 Å². The van der Waals surface area contributed by atoms with Crippen molar-refractivity contribution >= 4 is 28.7 Å². The summed E-state index contributed by atoms with van der Waals surface area (Å²) in [5, 5.41) is 11.0. The molecule has 5 rings (SSSR count). The quantitative estimate of drug-likeness (QED) is 0.150. The average Bonchev–Trinajstić information content (AvgIpc) is 3.49. The Balaban J connectivity index is 1.35. The zero-order valence-electron chi connectivity index (χ0n) is 19.6. The van der Waals surface area contributed by atoms with Crippen molar-refractivity contribution < 1.29 is 13.8 Å². The van der Waals surface area contributed by atoms with Crippen molar-refractivity contribution in [2.75, 3.05) is 0 Å². The normalized spacial score (nSPS) is 12.0. The van der Waals surface area contributed by atoms with Crippen LogP contribution in [0.15, 0.2) is 92.7 Å². The van der Waals surface area contributed by atoms with Crippen LogP contribution < -0.4 is 0 Å². The number of fused-ring (bicyclic) bond motifs is 1. The van der Waals surface area contributed by atoms with Crippen LogP contribution in [0.3, 0.4) is 0 Å². The molecule has 0 bridgehead atoms. The Bertz CT molecular complexity index is 1550. The van der Waals surface area contributed by atoms with E-state index in [9.17, 15) is 10.1 Å². The summed E-state index contributed by atoms with van der Waals surface area (Å²) in [6, 6.07) is 23.7. The van der Waals surface area contributed by atoms with Gasteiger partial charge < -0.3 is 8.83 Å². The molecule has 2 heterocycles. The van der Waals surface area contributed by atoms with Crippen LogP contribution >= 0.6 is 0 Å². The molecule has 0 aliphatic heterocycles. The summed E-state index contributed by atoms with van der Waals surface area (Å²) in [4.78, 5) is 19.7. The fourth-order valence-electron chi connectivity index (χ4n) is 3.72. The predicted molar refractivity (Wildman–Crippen MR) is 136 cm³/mol. The molecule has 7 nitrogen and oxygen atoms in total. The number of nitro benzene ring substituents is 1. The van der Waals surface area contributed by atoms with Crippen LogP contribution in [0.25, 0.3) is 33.9 Å². The van der Waals surface area contributed by atoms with Gasteiger partial charge in [-0.2, -0.15) is 0 Å². The molecule has 0 unspecified atom stereocenters. The van der Waals surface area contributed by atoms with Gasteiger partial charge in [0.05, 0.1) is 16.8 Å². The fraction of sp³-hybridized carbons (Fsp3) is 0.143. The summed E-state index contributed by atoms with van der Waals surface area (Å²) in [7, 11) is 0. The van der Waals surface area contributed by atoms with E-state index >= 15 is 0 Å². The molecule has 0 radical (unpaired) electrons. The van der Waals surface area contributed by atoms with Crippen molar-refractivity contribution in [3.63, 3.8) is 0 Å². The topological polar surface area (TPSA) is 94.7 Å². The number of aromatic nitrogens is 1. The highest BCUT2D eigenvalue weighted by atomic mass is 16.6. The molecule has 35 heavy (non-hydrogen) atoms. The molecule has 0 spiro atoms. The van der Waals surface area contributed by atoms with E-state index in [1.807, 2.05) is 30.3 Å². The lowest BCUT2D eigenvalue weighted by atomic mass is 9.87. The highest BCUT2D eigenvalue weighted by Crippen LogP contribution is 2.30. The first kappa shape index (κ1) is 22.3. The van der Waals surface area contributed by atoms with Crippen molar-refractivity contribution in [2.24, 2.45) is 4.99 Å². The summed E-state index contributed by atoms with van der Waals surface area (Å²) in [6.45, 7) is 6.54. The SMILES string of the molecule is CC(C)(C)c1ccc(-c2nc3cc(N=Cc4ccc(-c5cccc([N+](=O)[O-])c5)o4)ccc3o2)cc1. The van der Waals surface area contributed by atoms with Crippen LogP contribution in [-0.4, -0.2) is 16.1 Å². The molecule has 5 aromatic rings. The molecule has 7 heteroatoms. The van der Waals surface area contributed by atoms with Crippen LogP contribution in [0.1, 0.15) is 32.1 Å². The number of nitro groups is 1. The molecule has 0 N–H and O–H groups in total. The van der Waals surface area contributed by atoms with Gasteiger partial charge in [-0.1, -0.05) is 45.0 Å². The summed E-state index contributed by atoms with van der Waals surface area (Å²) in [5.41, 5.74) is 5.00. The van der Waals surface area contributed by atoms with Gasteiger partial charge in [-0.25, -0.2) is 4.98 Å². The van der Waals surface area contributed by atoms with E-state index in [-0.39, 0.29) is 11.1 Å². The van der Waals surface area contributed by atoms with Gasteiger partial charge in [0.2, 0.25) is 5.89 Å². The maximum absolute atomic E-state index is 11.0. The second-order valence-electron chi connectivity index (χ2n) is 9.27. The Morgan fingerprint density at radius 3 is 2.46 bits per heavy atom. The lowest BCUT2D eigenvalue weighted by Gasteiger charge is -2.18. The lowest BCUT2D eigenvalue weighted by molar-refractivity contribution is -0.384. The fourth-order valence-corrected chi connectivity index (χ4v) is 3.72. The van der Waals surface area contributed by atoms with Crippen molar-refractivity contribution in [3.05, 3.63) is 100 Å². The van der Waals surface area contributed by atoms with Crippen LogP contribution in [0.4, 0.5) is 11.4 Å². The first-order valence-electron chi connectivity index (χ1n) is 11.2. The van der Waals surface area contributed by atoms with E-state index in [1.165, 1.54) is 17.7 Å². The number of oxazole rings is 1. The molecule has 0 aliphatic carbocycles. The molecule has 0 fully saturated rings. The molecular weight excluding hydrogens is 442 g/mol. The van der Waals surface area contributed by atoms with Gasteiger partial charge in [0.25, 0.3) is 5.69 Å². The van der Waals surface area contributed by atoms with Crippen molar-refractivity contribution in [1.29, 1.82) is 0 Å². The average molecular weight is 466 g/mol. The Morgan fingerprint density at radius 1 is 0.914 bits per heavy atom. The standard InChI is InChI=1S/C28H23N3O4/c1-28(2,3)20-9-7-18(8-10-20)27-30-24-16-21(11-13-26(24)35-27)29-17-23-12-14-25(34-23)19-5-4-6-22(15-19)31(32)33/h4-17H,1-3H3. The Morgan fingerprint density at radius 2 is 1.71 bits per heavy atom. The molecule has 0 amide bonds. The maximum Gasteiger partial charge on any atom is 0.270 e. The summed E-state index contributed by atoms with van der Waals surface area (Å²) >= 11 is 0. The van der Waals surface area contributed by atoms with E-state index in [1.54, 1.807) is 30.5 Å². The minimum Gasteiger partial charge on any atom is -0.455 e. The molecule has 0 atom stereocenters. The third kappa shape index (κ3) is 4.75. The summed E-state index contributed by atoms with van der Waals surface area (Å²) in [6.07, 6.45) is 1.61. The number of hydrogen-bond donors (Lipinski definition) is 0. The lowest BCUT2D eigenvalue weighted by Crippen LogP contribution is -2.10. The number of rotatable bonds is 5. The molecule has 174 valence electrons. The molecule has 0 saturated heterocycles. The molecular formula is C28H23N3O4. The third-order valence-corrected chi connectivity index (χ3v) is 5.68. The molecule has 2 aromatic heterocycles. The largest absolute Gasteiger partial charge is 0.455 e. The Labute approximate surface area is 201 Å². The van der Waals surface area contributed by atoms with Crippen molar-refractivity contribution in [2.45, 2.75) is 26.2 Å². The molecule has 0 saturated carbocycles. The predicted octanol–water partition coefficient (Wildman–Crippen LogP) is 7.71. The van der Waals surface area contributed by atoms with Gasteiger partial charge >= 0.3 is 0 Å². The number of nitrogens with zero attached hydrogens (tertiary/aromatic N) is 3. The van der Waals surface area contributed by atoms with E-state index in [2.05, 4.69) is 42.9 Å². The number of furan rings is 1. The van der Waals surface area contributed by atoms with Crippen LogP contribution in [-0.2, 0) is 5.41 Å². The minimum atomic E-state index is -0.429. The van der Waals surface area contributed by atoms with Gasteiger partial charge in [0.1, 0.15) is 17.0 Å². The van der Waals surface area contributed by atoms with Crippen LogP contribution in [0.2, 0.25) is 0 Å². The van der Waals surface area contributed by atoms with Crippen molar-refractivity contribution in [1.82, 2.24) is 4.98 Å². The second-order valence-corrected chi connectivity index (χ2v) is 9.27. The van der Waals surface area contributed by atoms with E-state index in [0.717, 1.165) is 5.56 Å². The highest BCUT2D eigenvalue weighted by molar-refractivity contribution is 5.83. The van der Waals surface area contributed by atoms with Crippen molar-refractivity contribution in [3.8, 4) is 22.8 Å². The van der Waals surface area contributed by atoms with E-state index in [0.29, 0.717) is 39.8 Å². The van der Waals surface area contributed by atoms with Gasteiger partial charge in [-0.05, 0) is 53.4 Å². The Hall–Kier alpha value is -4.52. The monoisotopic (exact) mass is 465 g/mol. The second kappa shape index (κ2) is 8.68. The number of hydrogen-bond acceptors (Lipinski definition) is 6. The zero-order valence-corrected chi connectivity index (χ0v) is 19.6. The third-order valence-electron chi connectivity index (χ3n) is 5.68. The van der Waals surface area contributed by atoms with Crippen LogP contribution in [0.5, 0.6) is 0 Å². The van der Waals surface area contributed by atoms with Gasteiger partial charge in [0, 0.05) is 23.3 Å². The zero-order chi connectivity index (χ0) is 24.6. The molecule has 0 aliphatic rings. The smallest absolute Gasteiger partial charge is 0.270 e. The highest BCUT2D eigenvalue weighted by Gasteiger charge is 2.15. The number of aliphatic imine (C=N–C) groups is 1.